The molecule has 0 aliphatic carbocycles. The van der Waals surface area contributed by atoms with Crippen LogP contribution in [0.1, 0.15) is 0 Å². The number of methoxy groups -OCH3 is 1. The predicted octanol–water partition coefficient (Wildman–Crippen LogP) is 3.81. The van der Waals surface area contributed by atoms with Crippen LogP contribution in [0.25, 0.3) is 0 Å². The van der Waals surface area contributed by atoms with E-state index in [9.17, 15) is 0 Å². The van der Waals surface area contributed by atoms with E-state index < -0.39 is 0 Å². The minimum atomic E-state index is 0.758. The molecule has 18 heavy (non-hydrogen) atoms. The first-order chi connectivity index (χ1) is 8.61. The van der Waals surface area contributed by atoms with E-state index in [1.54, 1.807) is 7.11 Å². The maximum absolute atomic E-state index is 5.69. The van der Waals surface area contributed by atoms with Crippen molar-refractivity contribution in [1.29, 1.82) is 0 Å². The fourth-order valence-corrected chi connectivity index (χ4v) is 2.11. The molecule has 0 amide bonds. The van der Waals surface area contributed by atoms with E-state index in [1.165, 1.54) is 0 Å². The van der Waals surface area contributed by atoms with E-state index in [-0.39, 0.29) is 0 Å². The highest BCUT2D eigenvalue weighted by atomic mass is 79.9. The fourth-order valence-electron chi connectivity index (χ4n) is 1.76. The number of halogens is 1. The molecule has 0 fully saturated rings. The molecule has 2 aromatic rings. The number of rotatable bonds is 3. The van der Waals surface area contributed by atoms with E-state index in [2.05, 4.69) is 20.8 Å². The summed E-state index contributed by atoms with van der Waals surface area (Å²) in [5.74, 6) is 0.831. The molecule has 0 bridgehead atoms. The van der Waals surface area contributed by atoms with Gasteiger partial charge in [0.2, 0.25) is 0 Å². The Hall–Kier alpha value is -1.68. The van der Waals surface area contributed by atoms with E-state index in [0.29, 0.717) is 0 Å². The lowest BCUT2D eigenvalue weighted by atomic mass is 10.2. The molecule has 0 heterocycles. The van der Waals surface area contributed by atoms with Crippen molar-refractivity contribution in [2.45, 2.75) is 0 Å². The van der Waals surface area contributed by atoms with Crippen molar-refractivity contribution in [3.05, 3.63) is 46.9 Å². The van der Waals surface area contributed by atoms with Gasteiger partial charge in [0.15, 0.2) is 0 Å². The van der Waals surface area contributed by atoms with Crippen LogP contribution < -0.4 is 15.4 Å². The number of nitrogen functional groups attached to an aromatic ring is 1. The van der Waals surface area contributed by atoms with Crippen LogP contribution in [0, 0.1) is 0 Å². The van der Waals surface area contributed by atoms with Crippen molar-refractivity contribution in [3.63, 3.8) is 0 Å². The summed E-state index contributed by atoms with van der Waals surface area (Å²) in [5.41, 5.74) is 8.51. The van der Waals surface area contributed by atoms with Gasteiger partial charge in [0, 0.05) is 22.9 Å². The van der Waals surface area contributed by atoms with Crippen LogP contribution in [0.4, 0.5) is 17.1 Å². The zero-order chi connectivity index (χ0) is 13.1. The molecule has 0 aliphatic rings. The van der Waals surface area contributed by atoms with Crippen molar-refractivity contribution in [1.82, 2.24) is 0 Å². The average molecular weight is 307 g/mol. The van der Waals surface area contributed by atoms with Gasteiger partial charge in [0.1, 0.15) is 5.75 Å². The lowest BCUT2D eigenvalue weighted by Gasteiger charge is -2.22. The Labute approximate surface area is 115 Å². The highest BCUT2D eigenvalue weighted by Gasteiger charge is 2.10. The molecule has 0 radical (unpaired) electrons. The Morgan fingerprint density at radius 2 is 1.78 bits per heavy atom. The number of nitrogens with zero attached hydrogens (tertiary/aromatic N) is 1. The second-order valence-corrected chi connectivity index (χ2v) is 4.88. The van der Waals surface area contributed by atoms with Gasteiger partial charge in [0.05, 0.1) is 12.8 Å². The summed E-state index contributed by atoms with van der Waals surface area (Å²) in [6.07, 6.45) is 0. The quantitative estimate of drug-likeness (QED) is 0.876. The van der Waals surface area contributed by atoms with Gasteiger partial charge in [-0.1, -0.05) is 15.9 Å². The van der Waals surface area contributed by atoms with Gasteiger partial charge in [-0.05, 0) is 42.5 Å². The Morgan fingerprint density at radius 1 is 1.11 bits per heavy atom. The third-order valence-electron chi connectivity index (χ3n) is 2.78. The van der Waals surface area contributed by atoms with Crippen LogP contribution in [0.15, 0.2) is 46.9 Å². The molecule has 94 valence electrons. The average Bonchev–Trinajstić information content (AvgIpc) is 2.39. The topological polar surface area (TPSA) is 38.5 Å². The second kappa shape index (κ2) is 5.31. The summed E-state index contributed by atoms with van der Waals surface area (Å²) in [5, 5.41) is 0. The molecule has 4 heteroatoms. The molecule has 2 aromatic carbocycles. The first-order valence-corrected chi connectivity index (χ1v) is 6.34. The molecule has 0 saturated heterocycles. The summed E-state index contributed by atoms with van der Waals surface area (Å²) in [7, 11) is 3.67. The van der Waals surface area contributed by atoms with Crippen molar-refractivity contribution >= 4 is 33.0 Å². The van der Waals surface area contributed by atoms with Crippen molar-refractivity contribution in [2.24, 2.45) is 0 Å². The number of hydrogen-bond acceptors (Lipinski definition) is 3. The van der Waals surface area contributed by atoms with Crippen molar-refractivity contribution in [3.8, 4) is 5.75 Å². The first-order valence-electron chi connectivity index (χ1n) is 5.54. The number of anilines is 3. The van der Waals surface area contributed by atoms with Crippen LogP contribution in [-0.2, 0) is 0 Å². The van der Waals surface area contributed by atoms with Crippen molar-refractivity contribution < 1.29 is 4.74 Å². The smallest absolute Gasteiger partial charge is 0.142 e. The predicted molar refractivity (Wildman–Crippen MR) is 79.6 cm³/mol. The van der Waals surface area contributed by atoms with E-state index in [4.69, 9.17) is 10.5 Å². The van der Waals surface area contributed by atoms with Gasteiger partial charge in [0.25, 0.3) is 0 Å². The van der Waals surface area contributed by atoms with E-state index in [1.807, 2.05) is 49.5 Å². The molecule has 2 N–H and O–H groups in total. The van der Waals surface area contributed by atoms with Crippen LogP contribution in [0.3, 0.4) is 0 Å². The van der Waals surface area contributed by atoms with Gasteiger partial charge in [-0.3, -0.25) is 0 Å². The van der Waals surface area contributed by atoms with Crippen molar-refractivity contribution in [2.75, 3.05) is 24.8 Å². The lowest BCUT2D eigenvalue weighted by molar-refractivity contribution is 0.415. The monoisotopic (exact) mass is 306 g/mol. The van der Waals surface area contributed by atoms with Crippen LogP contribution in [-0.4, -0.2) is 14.2 Å². The lowest BCUT2D eigenvalue weighted by Crippen LogP contribution is -2.10. The standard InChI is InChI=1S/C14H15BrN2O/c1-17(12-6-4-11(16)5-7-12)13-9-10(15)3-8-14(13)18-2/h3-9H,16H2,1-2H3. The van der Waals surface area contributed by atoms with E-state index >= 15 is 0 Å². The normalized spacial score (nSPS) is 10.2. The summed E-state index contributed by atoms with van der Waals surface area (Å²) in [6.45, 7) is 0. The van der Waals surface area contributed by atoms with Gasteiger partial charge >= 0.3 is 0 Å². The molecule has 0 unspecified atom stereocenters. The van der Waals surface area contributed by atoms with Crippen LogP contribution in [0.2, 0.25) is 0 Å². The number of ether oxygens (including phenoxy) is 1. The minimum Gasteiger partial charge on any atom is -0.495 e. The number of hydrogen-bond donors (Lipinski definition) is 1. The largest absolute Gasteiger partial charge is 0.495 e. The number of nitrogens with two attached hydrogens (primary N) is 1. The maximum Gasteiger partial charge on any atom is 0.142 e. The molecule has 2 rings (SSSR count). The highest BCUT2D eigenvalue weighted by Crippen LogP contribution is 2.34. The summed E-state index contributed by atoms with van der Waals surface area (Å²) in [4.78, 5) is 2.06. The third-order valence-corrected chi connectivity index (χ3v) is 3.28. The molecule has 0 atom stereocenters. The summed E-state index contributed by atoms with van der Waals surface area (Å²) >= 11 is 3.48. The molecule has 0 spiro atoms. The molecule has 3 nitrogen and oxygen atoms in total. The number of benzene rings is 2. The fraction of sp³-hybridized carbons (Fsp3) is 0.143. The Bertz CT molecular complexity index is 540. The van der Waals surface area contributed by atoms with Gasteiger partial charge in [-0.25, -0.2) is 0 Å². The summed E-state index contributed by atoms with van der Waals surface area (Å²) < 4.78 is 6.39. The van der Waals surface area contributed by atoms with Gasteiger partial charge in [-0.15, -0.1) is 0 Å². The first kappa shape index (κ1) is 12.8. The van der Waals surface area contributed by atoms with Crippen LogP contribution >= 0.6 is 15.9 Å². The Balaban J connectivity index is 2.41. The van der Waals surface area contributed by atoms with Crippen LogP contribution in [0.5, 0.6) is 5.75 Å². The third kappa shape index (κ3) is 2.59. The summed E-state index contributed by atoms with van der Waals surface area (Å²) in [6, 6.07) is 13.7. The maximum atomic E-state index is 5.69. The minimum absolute atomic E-state index is 0.758. The molecule has 0 aliphatic heterocycles. The Morgan fingerprint density at radius 3 is 2.39 bits per heavy atom. The molecule has 0 aromatic heterocycles. The van der Waals surface area contributed by atoms with Gasteiger partial charge < -0.3 is 15.4 Å². The SMILES string of the molecule is COc1ccc(Br)cc1N(C)c1ccc(N)cc1. The highest BCUT2D eigenvalue weighted by molar-refractivity contribution is 9.10. The molecule has 0 saturated carbocycles. The van der Waals surface area contributed by atoms with Gasteiger partial charge in [-0.2, -0.15) is 0 Å². The molecular formula is C14H15BrN2O. The second-order valence-electron chi connectivity index (χ2n) is 3.97. The zero-order valence-electron chi connectivity index (χ0n) is 10.4. The molecular weight excluding hydrogens is 292 g/mol. The zero-order valence-corrected chi connectivity index (χ0v) is 11.9. The Kier molecular flexibility index (Phi) is 3.77. The van der Waals surface area contributed by atoms with E-state index in [0.717, 1.165) is 27.3 Å².